The quantitative estimate of drug-likeness (QED) is 0.639. The van der Waals surface area contributed by atoms with Gasteiger partial charge in [0, 0.05) is 18.3 Å². The molecule has 3 rings (SSSR count). The van der Waals surface area contributed by atoms with Gasteiger partial charge in [0.2, 0.25) is 10.0 Å². The number of ether oxygens (including phenoxy) is 1. The van der Waals surface area contributed by atoms with Crippen molar-refractivity contribution >= 4 is 33.2 Å². The first kappa shape index (κ1) is 21.6. The first-order chi connectivity index (χ1) is 13.8. The lowest BCUT2D eigenvalue weighted by molar-refractivity contribution is -0.120. The van der Waals surface area contributed by atoms with Gasteiger partial charge >= 0.3 is 0 Å². The van der Waals surface area contributed by atoms with Crippen molar-refractivity contribution in [3.05, 3.63) is 53.1 Å². The summed E-state index contributed by atoms with van der Waals surface area (Å²) in [6.45, 7) is 4.17. The van der Waals surface area contributed by atoms with Crippen molar-refractivity contribution in [3.63, 3.8) is 0 Å². The monoisotopic (exact) mass is 436 g/mol. The number of hydrogen-bond acceptors (Lipinski definition) is 4. The SMILES string of the molecule is CCCCNS(=O)(=O)c1ccc(OCC(=O)N2c3ccccc3CC2C)c(Cl)c1. The number of carbonyl (C=O) groups is 1. The van der Waals surface area contributed by atoms with Gasteiger partial charge in [0.1, 0.15) is 5.75 Å². The molecule has 1 aliphatic heterocycles. The molecule has 1 aliphatic rings. The Bertz CT molecular complexity index is 994. The van der Waals surface area contributed by atoms with E-state index in [0.29, 0.717) is 6.54 Å². The van der Waals surface area contributed by atoms with E-state index in [-0.39, 0.29) is 34.2 Å². The van der Waals surface area contributed by atoms with Crippen LogP contribution in [0.2, 0.25) is 5.02 Å². The second-order valence-corrected chi connectivity index (χ2v) is 9.25. The van der Waals surface area contributed by atoms with Gasteiger partial charge in [-0.3, -0.25) is 4.79 Å². The van der Waals surface area contributed by atoms with Crippen molar-refractivity contribution in [2.24, 2.45) is 0 Å². The number of carbonyl (C=O) groups excluding carboxylic acids is 1. The molecule has 0 saturated heterocycles. The Morgan fingerprint density at radius 3 is 2.76 bits per heavy atom. The summed E-state index contributed by atoms with van der Waals surface area (Å²) < 4.78 is 32.7. The zero-order valence-electron chi connectivity index (χ0n) is 16.5. The molecule has 8 heteroatoms. The number of halogens is 1. The van der Waals surface area contributed by atoms with E-state index < -0.39 is 10.0 Å². The van der Waals surface area contributed by atoms with Crippen LogP contribution < -0.4 is 14.4 Å². The smallest absolute Gasteiger partial charge is 0.265 e. The molecule has 1 unspecified atom stereocenters. The van der Waals surface area contributed by atoms with Gasteiger partial charge in [-0.25, -0.2) is 13.1 Å². The molecule has 0 aromatic heterocycles. The Morgan fingerprint density at radius 1 is 1.28 bits per heavy atom. The van der Waals surface area contributed by atoms with Crippen molar-refractivity contribution in [2.45, 2.75) is 44.0 Å². The van der Waals surface area contributed by atoms with Gasteiger partial charge in [-0.1, -0.05) is 43.1 Å². The molecule has 0 saturated carbocycles. The van der Waals surface area contributed by atoms with Crippen LogP contribution in [0.15, 0.2) is 47.4 Å². The minimum atomic E-state index is -3.62. The second-order valence-electron chi connectivity index (χ2n) is 7.08. The number of hydrogen-bond donors (Lipinski definition) is 1. The molecule has 2 aromatic carbocycles. The molecular formula is C21H25ClN2O4S. The number of amides is 1. The lowest BCUT2D eigenvalue weighted by atomic mass is 10.1. The van der Waals surface area contributed by atoms with E-state index in [9.17, 15) is 13.2 Å². The highest BCUT2D eigenvalue weighted by molar-refractivity contribution is 7.89. The number of anilines is 1. The maximum atomic E-state index is 12.7. The van der Waals surface area contributed by atoms with Crippen LogP contribution in [-0.2, 0) is 21.2 Å². The van der Waals surface area contributed by atoms with Crippen LogP contribution in [0.3, 0.4) is 0 Å². The topological polar surface area (TPSA) is 75.7 Å². The predicted octanol–water partition coefficient (Wildman–Crippen LogP) is 3.78. The van der Waals surface area contributed by atoms with E-state index in [1.807, 2.05) is 38.1 Å². The van der Waals surface area contributed by atoms with Crippen molar-refractivity contribution < 1.29 is 17.9 Å². The fourth-order valence-corrected chi connectivity index (χ4v) is 4.79. The number of sulfonamides is 1. The largest absolute Gasteiger partial charge is 0.482 e. The first-order valence-corrected chi connectivity index (χ1v) is 11.5. The normalized spacial score (nSPS) is 16.0. The average molecular weight is 437 g/mol. The molecule has 1 atom stereocenters. The summed E-state index contributed by atoms with van der Waals surface area (Å²) in [6, 6.07) is 12.1. The third kappa shape index (κ3) is 4.91. The Balaban J connectivity index is 1.66. The Morgan fingerprint density at radius 2 is 2.03 bits per heavy atom. The summed E-state index contributed by atoms with van der Waals surface area (Å²) in [7, 11) is -3.62. The summed E-state index contributed by atoms with van der Waals surface area (Å²) in [6.07, 6.45) is 2.46. The molecule has 0 radical (unpaired) electrons. The number of fused-ring (bicyclic) bond motifs is 1. The number of rotatable bonds is 8. The molecule has 0 aliphatic carbocycles. The highest BCUT2D eigenvalue weighted by Crippen LogP contribution is 2.32. The molecule has 1 amide bonds. The predicted molar refractivity (Wildman–Crippen MR) is 114 cm³/mol. The molecule has 0 spiro atoms. The Kier molecular flexibility index (Phi) is 6.82. The van der Waals surface area contributed by atoms with Crippen LogP contribution in [0.1, 0.15) is 32.3 Å². The Hall–Kier alpha value is -2.09. The Labute approximate surface area is 176 Å². The van der Waals surface area contributed by atoms with Crippen LogP contribution >= 0.6 is 11.6 Å². The van der Waals surface area contributed by atoms with Crippen molar-refractivity contribution in [2.75, 3.05) is 18.1 Å². The number of nitrogens with zero attached hydrogens (tertiary/aromatic N) is 1. The van der Waals surface area contributed by atoms with E-state index in [4.69, 9.17) is 16.3 Å². The van der Waals surface area contributed by atoms with Crippen LogP contribution in [0.25, 0.3) is 0 Å². The van der Waals surface area contributed by atoms with Gasteiger partial charge < -0.3 is 9.64 Å². The van der Waals surface area contributed by atoms with Gasteiger partial charge in [0.05, 0.1) is 9.92 Å². The molecule has 156 valence electrons. The summed E-state index contributed by atoms with van der Waals surface area (Å²) in [5.74, 6) is 0.101. The van der Waals surface area contributed by atoms with E-state index >= 15 is 0 Å². The van der Waals surface area contributed by atoms with Crippen molar-refractivity contribution in [1.82, 2.24) is 4.72 Å². The van der Waals surface area contributed by atoms with Crippen LogP contribution in [0.4, 0.5) is 5.69 Å². The molecule has 0 fully saturated rings. The van der Waals surface area contributed by atoms with Gasteiger partial charge in [-0.2, -0.15) is 0 Å². The zero-order valence-corrected chi connectivity index (χ0v) is 18.1. The molecule has 0 bridgehead atoms. The fourth-order valence-electron chi connectivity index (χ4n) is 3.39. The molecule has 6 nitrogen and oxygen atoms in total. The molecule has 1 heterocycles. The lowest BCUT2D eigenvalue weighted by Crippen LogP contribution is -2.39. The van der Waals surface area contributed by atoms with Crippen LogP contribution in [0.5, 0.6) is 5.75 Å². The number of nitrogens with one attached hydrogen (secondary N) is 1. The highest BCUT2D eigenvalue weighted by Gasteiger charge is 2.30. The first-order valence-electron chi connectivity index (χ1n) is 9.65. The number of para-hydroxylation sites is 1. The van der Waals surface area contributed by atoms with Crippen LogP contribution in [0, 0.1) is 0 Å². The highest BCUT2D eigenvalue weighted by atomic mass is 35.5. The maximum Gasteiger partial charge on any atom is 0.265 e. The minimum Gasteiger partial charge on any atom is -0.482 e. The standard InChI is InChI=1S/C21H25ClN2O4S/c1-3-4-11-23-29(26,27)17-9-10-20(18(22)13-17)28-14-21(25)24-15(2)12-16-7-5-6-8-19(16)24/h5-10,13,15,23H,3-4,11-12,14H2,1-2H3. The van der Waals surface area contributed by atoms with E-state index in [1.54, 1.807) is 4.90 Å². The summed E-state index contributed by atoms with van der Waals surface area (Å²) in [4.78, 5) is 14.5. The average Bonchev–Trinajstić information content (AvgIpc) is 3.02. The summed E-state index contributed by atoms with van der Waals surface area (Å²) in [5, 5.41) is 0.144. The van der Waals surface area contributed by atoms with Gasteiger partial charge in [0.15, 0.2) is 6.61 Å². The van der Waals surface area contributed by atoms with E-state index in [1.165, 1.54) is 18.2 Å². The number of benzene rings is 2. The maximum absolute atomic E-state index is 12.7. The molecule has 29 heavy (non-hydrogen) atoms. The summed E-state index contributed by atoms with van der Waals surface area (Å²) >= 11 is 6.21. The zero-order chi connectivity index (χ0) is 21.0. The van der Waals surface area contributed by atoms with Crippen molar-refractivity contribution in [3.8, 4) is 5.75 Å². The van der Waals surface area contributed by atoms with E-state index in [2.05, 4.69) is 4.72 Å². The lowest BCUT2D eigenvalue weighted by Gasteiger charge is -2.23. The minimum absolute atomic E-state index is 0.0562. The van der Waals surface area contributed by atoms with Gasteiger partial charge in [-0.05, 0) is 49.6 Å². The molecule has 1 N–H and O–H groups in total. The van der Waals surface area contributed by atoms with Gasteiger partial charge in [-0.15, -0.1) is 0 Å². The third-order valence-electron chi connectivity index (χ3n) is 4.86. The number of unbranched alkanes of at least 4 members (excludes halogenated alkanes) is 1. The summed E-state index contributed by atoms with van der Waals surface area (Å²) in [5.41, 5.74) is 2.04. The van der Waals surface area contributed by atoms with Crippen LogP contribution in [-0.4, -0.2) is 33.5 Å². The van der Waals surface area contributed by atoms with E-state index in [0.717, 1.165) is 30.5 Å². The molecular weight excluding hydrogens is 412 g/mol. The fraction of sp³-hybridized carbons (Fsp3) is 0.381. The second kappa shape index (κ2) is 9.15. The van der Waals surface area contributed by atoms with Crippen molar-refractivity contribution in [1.29, 1.82) is 0 Å². The third-order valence-corrected chi connectivity index (χ3v) is 6.62. The molecule has 2 aromatic rings. The van der Waals surface area contributed by atoms with Gasteiger partial charge in [0.25, 0.3) is 5.91 Å².